The number of rotatable bonds is 4. The van der Waals surface area contributed by atoms with Gasteiger partial charge in [-0.05, 0) is 37.5 Å². The first-order valence-corrected chi connectivity index (χ1v) is 8.14. The van der Waals surface area contributed by atoms with E-state index in [0.717, 1.165) is 18.8 Å². The van der Waals surface area contributed by atoms with Gasteiger partial charge < -0.3 is 10.1 Å². The predicted octanol–water partition coefficient (Wildman–Crippen LogP) is 1.71. The molecule has 2 fully saturated rings. The van der Waals surface area contributed by atoms with Crippen LogP contribution in [0.5, 0.6) is 0 Å². The molecule has 1 saturated carbocycles. The van der Waals surface area contributed by atoms with Crippen LogP contribution in [0.2, 0.25) is 0 Å². The highest BCUT2D eigenvalue weighted by molar-refractivity contribution is 5.84. The zero-order chi connectivity index (χ0) is 15.1. The lowest BCUT2D eigenvalue weighted by molar-refractivity contribution is -0.130. The van der Waals surface area contributed by atoms with E-state index in [1.807, 2.05) is 0 Å². The van der Waals surface area contributed by atoms with Crippen LogP contribution in [0.15, 0.2) is 0 Å². The highest BCUT2D eigenvalue weighted by Crippen LogP contribution is 2.29. The van der Waals surface area contributed by atoms with Crippen LogP contribution >= 0.6 is 0 Å². The molecule has 1 saturated heterocycles. The number of carbonyl (C=O) groups is 2. The Hall–Kier alpha value is -1.30. The second-order valence-electron chi connectivity index (χ2n) is 6.12. The molecule has 1 aliphatic carbocycles. The predicted molar refractivity (Wildman–Crippen MR) is 79.4 cm³/mol. The molecule has 2 rings (SSSR count). The molecule has 0 bridgehead atoms. The average molecular weight is 297 g/mol. The maximum atomic E-state index is 11.6. The van der Waals surface area contributed by atoms with Gasteiger partial charge in [-0.3, -0.25) is 10.2 Å². The Morgan fingerprint density at radius 1 is 1.05 bits per heavy atom. The van der Waals surface area contributed by atoms with Gasteiger partial charge in [-0.2, -0.15) is 0 Å². The summed E-state index contributed by atoms with van der Waals surface area (Å²) in [4.78, 5) is 23.3. The largest absolute Gasteiger partial charge is 0.368 e. The third kappa shape index (κ3) is 5.19. The van der Waals surface area contributed by atoms with Crippen LogP contribution in [-0.4, -0.2) is 31.2 Å². The highest BCUT2D eigenvalue weighted by atomic mass is 16.5. The molecule has 3 amide bonds. The molecule has 21 heavy (non-hydrogen) atoms. The van der Waals surface area contributed by atoms with E-state index >= 15 is 0 Å². The molecule has 3 N–H and O–H groups in total. The fraction of sp³-hybridized carbons (Fsp3) is 0.867. The molecule has 0 aromatic rings. The first kappa shape index (κ1) is 16.1. The highest BCUT2D eigenvalue weighted by Gasteiger charge is 2.24. The number of urea groups is 1. The van der Waals surface area contributed by atoms with E-state index in [9.17, 15) is 9.59 Å². The van der Waals surface area contributed by atoms with Gasteiger partial charge >= 0.3 is 6.03 Å². The zero-order valence-electron chi connectivity index (χ0n) is 12.8. The monoisotopic (exact) mass is 297 g/mol. The van der Waals surface area contributed by atoms with Crippen molar-refractivity contribution in [3.8, 4) is 0 Å². The molecular formula is C15H27N3O3. The summed E-state index contributed by atoms with van der Waals surface area (Å²) in [6.07, 6.45) is 7.34. The van der Waals surface area contributed by atoms with Gasteiger partial charge in [0, 0.05) is 13.2 Å². The number of hydrogen-bond donors (Lipinski definition) is 3. The number of ether oxygens (including phenoxy) is 1. The molecule has 0 aromatic carbocycles. The van der Waals surface area contributed by atoms with Gasteiger partial charge in [-0.25, -0.2) is 10.2 Å². The second kappa shape index (κ2) is 8.22. The Bertz CT molecular complexity index is 348. The Morgan fingerprint density at radius 2 is 1.76 bits per heavy atom. The van der Waals surface area contributed by atoms with E-state index in [1.54, 1.807) is 0 Å². The standard InChI is InChI=1S/C15H27N3O3/c1-2-11-5-7-12(8-6-11)10-16-15(20)18-17-14(19)13-4-3-9-21-13/h11-13H,2-10H2,1H3,(H,17,19)(H2,16,18,20). The van der Waals surface area contributed by atoms with Gasteiger partial charge in [0.1, 0.15) is 6.10 Å². The fourth-order valence-electron chi connectivity index (χ4n) is 3.11. The van der Waals surface area contributed by atoms with Crippen molar-refractivity contribution in [1.82, 2.24) is 16.2 Å². The Labute approximate surface area is 126 Å². The number of hydrazine groups is 1. The summed E-state index contributed by atoms with van der Waals surface area (Å²) in [6, 6.07) is -0.348. The van der Waals surface area contributed by atoms with E-state index < -0.39 is 6.10 Å². The van der Waals surface area contributed by atoms with Gasteiger partial charge in [0.25, 0.3) is 5.91 Å². The Kier molecular flexibility index (Phi) is 6.29. The first-order chi connectivity index (χ1) is 10.2. The molecule has 0 aromatic heterocycles. The smallest absolute Gasteiger partial charge is 0.333 e. The summed E-state index contributed by atoms with van der Waals surface area (Å²) in [6.45, 7) is 3.54. The van der Waals surface area contributed by atoms with Crippen LogP contribution in [0.3, 0.4) is 0 Å². The maximum absolute atomic E-state index is 11.6. The summed E-state index contributed by atoms with van der Waals surface area (Å²) in [5.74, 6) is 1.15. The Morgan fingerprint density at radius 3 is 2.38 bits per heavy atom. The van der Waals surface area contributed by atoms with Crippen LogP contribution in [0.25, 0.3) is 0 Å². The topological polar surface area (TPSA) is 79.5 Å². The maximum Gasteiger partial charge on any atom is 0.333 e. The summed E-state index contributed by atoms with van der Waals surface area (Å²) >= 11 is 0. The molecule has 1 aliphatic heterocycles. The van der Waals surface area contributed by atoms with Crippen molar-refractivity contribution in [2.24, 2.45) is 11.8 Å². The van der Waals surface area contributed by atoms with Crippen LogP contribution in [-0.2, 0) is 9.53 Å². The normalized spacial score (nSPS) is 28.9. The summed E-state index contributed by atoms with van der Waals surface area (Å²) in [7, 11) is 0. The number of carbonyl (C=O) groups excluding carboxylic acids is 2. The van der Waals surface area contributed by atoms with Crippen molar-refractivity contribution in [3.05, 3.63) is 0 Å². The van der Waals surface area contributed by atoms with Crippen molar-refractivity contribution in [1.29, 1.82) is 0 Å². The number of hydrogen-bond acceptors (Lipinski definition) is 3. The van der Waals surface area contributed by atoms with E-state index in [2.05, 4.69) is 23.1 Å². The van der Waals surface area contributed by atoms with E-state index in [0.29, 0.717) is 19.1 Å². The molecule has 0 radical (unpaired) electrons. The van der Waals surface area contributed by atoms with Crippen molar-refractivity contribution in [2.75, 3.05) is 13.2 Å². The van der Waals surface area contributed by atoms with E-state index in [4.69, 9.17) is 4.74 Å². The van der Waals surface area contributed by atoms with Crippen LogP contribution in [0.4, 0.5) is 4.79 Å². The Balaban J connectivity index is 1.56. The number of nitrogens with one attached hydrogen (secondary N) is 3. The van der Waals surface area contributed by atoms with Crippen LogP contribution in [0, 0.1) is 11.8 Å². The minimum absolute atomic E-state index is 0.272. The third-order valence-electron chi connectivity index (χ3n) is 4.62. The first-order valence-electron chi connectivity index (χ1n) is 8.14. The average Bonchev–Trinajstić information content (AvgIpc) is 3.05. The van der Waals surface area contributed by atoms with E-state index in [-0.39, 0.29) is 11.9 Å². The molecule has 1 heterocycles. The van der Waals surface area contributed by atoms with Crippen molar-refractivity contribution in [2.45, 2.75) is 58.0 Å². The lowest BCUT2D eigenvalue weighted by atomic mass is 9.81. The van der Waals surface area contributed by atoms with Gasteiger partial charge in [-0.1, -0.05) is 26.2 Å². The summed E-state index contributed by atoms with van der Waals surface area (Å²) in [5.41, 5.74) is 4.79. The lowest BCUT2D eigenvalue weighted by Gasteiger charge is -2.27. The van der Waals surface area contributed by atoms with Crippen LogP contribution < -0.4 is 16.2 Å². The second-order valence-corrected chi connectivity index (χ2v) is 6.12. The molecule has 6 nitrogen and oxygen atoms in total. The van der Waals surface area contributed by atoms with E-state index in [1.165, 1.54) is 32.1 Å². The molecule has 0 spiro atoms. The van der Waals surface area contributed by atoms with Gasteiger partial charge in [-0.15, -0.1) is 0 Å². The molecule has 6 heteroatoms. The minimum atomic E-state index is -0.422. The molecule has 120 valence electrons. The minimum Gasteiger partial charge on any atom is -0.368 e. The van der Waals surface area contributed by atoms with Crippen molar-refractivity contribution >= 4 is 11.9 Å². The third-order valence-corrected chi connectivity index (χ3v) is 4.62. The van der Waals surface area contributed by atoms with Crippen molar-refractivity contribution in [3.63, 3.8) is 0 Å². The van der Waals surface area contributed by atoms with Gasteiger partial charge in [0.2, 0.25) is 0 Å². The van der Waals surface area contributed by atoms with Crippen molar-refractivity contribution < 1.29 is 14.3 Å². The van der Waals surface area contributed by atoms with Gasteiger partial charge in [0.05, 0.1) is 0 Å². The molecule has 2 aliphatic rings. The number of amides is 3. The molecule has 1 unspecified atom stereocenters. The fourth-order valence-corrected chi connectivity index (χ4v) is 3.11. The van der Waals surface area contributed by atoms with Crippen LogP contribution in [0.1, 0.15) is 51.9 Å². The lowest BCUT2D eigenvalue weighted by Crippen LogP contribution is -2.50. The zero-order valence-corrected chi connectivity index (χ0v) is 12.8. The summed E-state index contributed by atoms with van der Waals surface area (Å²) < 4.78 is 5.24. The molecule has 1 atom stereocenters. The van der Waals surface area contributed by atoms with Gasteiger partial charge in [0.15, 0.2) is 0 Å². The summed E-state index contributed by atoms with van der Waals surface area (Å²) in [5, 5.41) is 2.83. The molecular weight excluding hydrogens is 270 g/mol. The quantitative estimate of drug-likeness (QED) is 0.691. The SMILES string of the molecule is CCC1CCC(CNC(=O)NNC(=O)C2CCCO2)CC1.